The summed E-state index contributed by atoms with van der Waals surface area (Å²) in [7, 11) is 0. The van der Waals surface area contributed by atoms with Crippen LogP contribution in [0.5, 0.6) is 5.75 Å². The second-order valence-electron chi connectivity index (χ2n) is 4.70. The molecule has 0 aliphatic carbocycles. The summed E-state index contributed by atoms with van der Waals surface area (Å²) in [6.45, 7) is 1.41. The summed E-state index contributed by atoms with van der Waals surface area (Å²) in [5, 5.41) is 0. The van der Waals surface area contributed by atoms with Crippen molar-refractivity contribution < 1.29 is 19.1 Å². The van der Waals surface area contributed by atoms with Gasteiger partial charge in [0.15, 0.2) is 19.0 Å². The minimum absolute atomic E-state index is 0.238. The molecule has 0 aliphatic rings. The van der Waals surface area contributed by atoms with Crippen molar-refractivity contribution in [1.29, 1.82) is 0 Å². The second-order valence-corrected chi connectivity index (χ2v) is 5.61. The molecule has 5 heteroatoms. The van der Waals surface area contributed by atoms with Crippen molar-refractivity contribution in [3.05, 3.63) is 64.1 Å². The van der Waals surface area contributed by atoms with Gasteiger partial charge in [0, 0.05) is 10.0 Å². The number of rotatable bonds is 6. The van der Waals surface area contributed by atoms with Gasteiger partial charge in [0.1, 0.15) is 5.75 Å². The Balaban J connectivity index is 1.78. The number of Topliss-reactive ketones (excluding diaryl/α,β-unsaturated/α-hetero) is 1. The molecule has 0 aliphatic heterocycles. The number of aryl methyl sites for hydroxylation is 1. The lowest BCUT2D eigenvalue weighted by Crippen LogP contribution is -2.19. The van der Waals surface area contributed by atoms with Crippen LogP contribution in [0.3, 0.4) is 0 Å². The molecule has 2 aromatic carbocycles. The number of ketones is 1. The van der Waals surface area contributed by atoms with E-state index in [-0.39, 0.29) is 19.0 Å². The van der Waals surface area contributed by atoms with Crippen molar-refractivity contribution in [1.82, 2.24) is 0 Å². The van der Waals surface area contributed by atoms with Crippen molar-refractivity contribution in [3.8, 4) is 5.75 Å². The van der Waals surface area contributed by atoms with Crippen molar-refractivity contribution in [3.63, 3.8) is 0 Å². The minimum atomic E-state index is -0.583. The zero-order chi connectivity index (χ0) is 15.9. The quantitative estimate of drug-likeness (QED) is 0.582. The highest BCUT2D eigenvalue weighted by atomic mass is 79.9. The molecule has 0 amide bonds. The molecule has 0 fully saturated rings. The lowest BCUT2D eigenvalue weighted by Gasteiger charge is -2.07. The number of benzene rings is 2. The first-order chi connectivity index (χ1) is 10.5. The van der Waals surface area contributed by atoms with Gasteiger partial charge in [-0.3, -0.25) is 4.79 Å². The standard InChI is InChI=1S/C17H15BrO4/c1-12-5-7-13(8-6-12)16(19)10-22-17(20)11-21-15-4-2-3-14(18)9-15/h2-9H,10-11H2,1H3. The maximum atomic E-state index is 11.9. The minimum Gasteiger partial charge on any atom is -0.482 e. The van der Waals surface area contributed by atoms with Crippen LogP contribution in [-0.4, -0.2) is 25.0 Å². The number of hydrogen-bond acceptors (Lipinski definition) is 4. The van der Waals surface area contributed by atoms with E-state index in [0.717, 1.165) is 10.0 Å². The van der Waals surface area contributed by atoms with E-state index in [1.165, 1.54) is 0 Å². The van der Waals surface area contributed by atoms with Gasteiger partial charge in [-0.25, -0.2) is 4.79 Å². The molecule has 4 nitrogen and oxygen atoms in total. The van der Waals surface area contributed by atoms with Gasteiger partial charge in [-0.1, -0.05) is 51.8 Å². The molecule has 22 heavy (non-hydrogen) atoms. The molecule has 0 radical (unpaired) electrons. The van der Waals surface area contributed by atoms with Crippen LogP contribution in [0.1, 0.15) is 15.9 Å². The summed E-state index contributed by atoms with van der Waals surface area (Å²) in [6, 6.07) is 14.2. The second kappa shape index (κ2) is 7.75. The predicted molar refractivity (Wildman–Crippen MR) is 86.1 cm³/mol. The molecule has 2 aromatic rings. The Morgan fingerprint density at radius 1 is 1.05 bits per heavy atom. The van der Waals surface area contributed by atoms with E-state index in [1.807, 2.05) is 25.1 Å². The van der Waals surface area contributed by atoms with Crippen molar-refractivity contribution in [2.45, 2.75) is 6.92 Å². The highest BCUT2D eigenvalue weighted by molar-refractivity contribution is 9.10. The van der Waals surface area contributed by atoms with Crippen LogP contribution in [0, 0.1) is 6.92 Å². The highest BCUT2D eigenvalue weighted by Crippen LogP contribution is 2.17. The van der Waals surface area contributed by atoms with Crippen molar-refractivity contribution >= 4 is 27.7 Å². The van der Waals surface area contributed by atoms with Crippen LogP contribution < -0.4 is 4.74 Å². The van der Waals surface area contributed by atoms with Gasteiger partial charge < -0.3 is 9.47 Å². The molecule has 0 spiro atoms. The average Bonchev–Trinajstić information content (AvgIpc) is 2.51. The van der Waals surface area contributed by atoms with E-state index < -0.39 is 5.97 Å². The topological polar surface area (TPSA) is 52.6 Å². The summed E-state index contributed by atoms with van der Waals surface area (Å²) in [6.07, 6.45) is 0. The first-order valence-corrected chi connectivity index (χ1v) is 7.48. The van der Waals surface area contributed by atoms with Gasteiger partial charge >= 0.3 is 5.97 Å². The van der Waals surface area contributed by atoms with Gasteiger partial charge in [-0.2, -0.15) is 0 Å². The molecule has 0 N–H and O–H groups in total. The Morgan fingerprint density at radius 3 is 2.45 bits per heavy atom. The number of carbonyl (C=O) groups excluding carboxylic acids is 2. The predicted octanol–water partition coefficient (Wildman–Crippen LogP) is 3.56. The van der Waals surface area contributed by atoms with Gasteiger partial charge in [0.25, 0.3) is 0 Å². The zero-order valence-corrected chi connectivity index (χ0v) is 13.6. The van der Waals surface area contributed by atoms with E-state index in [0.29, 0.717) is 11.3 Å². The van der Waals surface area contributed by atoms with E-state index in [1.54, 1.807) is 30.3 Å². The lowest BCUT2D eigenvalue weighted by atomic mass is 10.1. The summed E-state index contributed by atoms with van der Waals surface area (Å²) < 4.78 is 11.1. The summed E-state index contributed by atoms with van der Waals surface area (Å²) in [5.41, 5.74) is 1.59. The third-order valence-corrected chi connectivity index (χ3v) is 3.38. The number of carbonyl (C=O) groups is 2. The molecule has 0 saturated heterocycles. The van der Waals surface area contributed by atoms with E-state index in [2.05, 4.69) is 15.9 Å². The molecule has 0 atom stereocenters. The Morgan fingerprint density at radius 2 is 1.77 bits per heavy atom. The van der Waals surface area contributed by atoms with Gasteiger partial charge in [0.05, 0.1) is 0 Å². The van der Waals surface area contributed by atoms with Gasteiger partial charge in [-0.05, 0) is 25.1 Å². The first kappa shape index (κ1) is 16.2. The number of esters is 1. The van der Waals surface area contributed by atoms with Gasteiger partial charge in [0.2, 0.25) is 0 Å². The van der Waals surface area contributed by atoms with Crippen LogP contribution in [0.4, 0.5) is 0 Å². The summed E-state index contributed by atoms with van der Waals surface area (Å²) in [4.78, 5) is 23.4. The Kier molecular flexibility index (Phi) is 5.72. The number of halogens is 1. The van der Waals surface area contributed by atoms with Gasteiger partial charge in [-0.15, -0.1) is 0 Å². The van der Waals surface area contributed by atoms with Crippen LogP contribution in [0.25, 0.3) is 0 Å². The van der Waals surface area contributed by atoms with E-state index in [4.69, 9.17) is 9.47 Å². The Labute approximate surface area is 137 Å². The molecule has 114 valence electrons. The monoisotopic (exact) mass is 362 g/mol. The van der Waals surface area contributed by atoms with Crippen LogP contribution in [0.15, 0.2) is 53.0 Å². The third kappa shape index (κ3) is 5.00. The summed E-state index contributed by atoms with van der Waals surface area (Å²) >= 11 is 3.31. The van der Waals surface area contributed by atoms with Crippen LogP contribution >= 0.6 is 15.9 Å². The largest absolute Gasteiger partial charge is 0.482 e. The van der Waals surface area contributed by atoms with Crippen LogP contribution in [-0.2, 0) is 9.53 Å². The molecular formula is C17H15BrO4. The zero-order valence-electron chi connectivity index (χ0n) is 12.0. The Hall–Kier alpha value is -2.14. The van der Waals surface area contributed by atoms with Crippen molar-refractivity contribution in [2.75, 3.05) is 13.2 Å². The highest BCUT2D eigenvalue weighted by Gasteiger charge is 2.10. The Bertz CT molecular complexity index is 665. The molecule has 2 rings (SSSR count). The van der Waals surface area contributed by atoms with Crippen molar-refractivity contribution in [2.24, 2.45) is 0 Å². The molecule has 0 heterocycles. The summed E-state index contributed by atoms with van der Waals surface area (Å²) in [5.74, 6) is -0.271. The number of ether oxygens (including phenoxy) is 2. The SMILES string of the molecule is Cc1ccc(C(=O)COC(=O)COc2cccc(Br)c2)cc1. The average molecular weight is 363 g/mol. The molecule has 0 saturated carbocycles. The number of hydrogen-bond donors (Lipinski definition) is 0. The fourth-order valence-electron chi connectivity index (χ4n) is 1.71. The maximum Gasteiger partial charge on any atom is 0.344 e. The molecule has 0 unspecified atom stereocenters. The van der Waals surface area contributed by atoms with E-state index in [9.17, 15) is 9.59 Å². The smallest absolute Gasteiger partial charge is 0.344 e. The first-order valence-electron chi connectivity index (χ1n) is 6.68. The fourth-order valence-corrected chi connectivity index (χ4v) is 2.09. The lowest BCUT2D eigenvalue weighted by molar-refractivity contribution is -0.144. The fraction of sp³-hybridized carbons (Fsp3) is 0.176. The maximum absolute atomic E-state index is 11.9. The van der Waals surface area contributed by atoms with E-state index >= 15 is 0 Å². The van der Waals surface area contributed by atoms with Crippen LogP contribution in [0.2, 0.25) is 0 Å². The third-order valence-electron chi connectivity index (χ3n) is 2.89. The molecular weight excluding hydrogens is 348 g/mol. The molecule has 0 bridgehead atoms. The normalized spacial score (nSPS) is 10.1. The molecule has 0 aromatic heterocycles.